The Labute approximate surface area is 252 Å². The molecule has 0 radical (unpaired) electrons. The average Bonchev–Trinajstić information content (AvgIpc) is 3.27. The Morgan fingerprint density at radius 3 is 2.51 bits per heavy atom. The molecular weight excluding hydrogens is 577 g/mol. The topological polar surface area (TPSA) is 77.9 Å². The number of benzene rings is 2. The SMILES string of the molecule is CC1CN(S(=O)(=O)c2ccccc2C(F)(F)F)C(C)CN1CC(O)c1ccc2c(c1)CC[C@@H]1[C@@H]2CC[C@]2(C)C(=O)CC[C@@H]12. The third-order valence-corrected chi connectivity index (χ3v) is 13.1. The zero-order valence-corrected chi connectivity index (χ0v) is 25.8. The fraction of sp³-hybridized carbons (Fsp3) is 0.606. The molecule has 0 bridgehead atoms. The third-order valence-electron chi connectivity index (χ3n) is 11.1. The van der Waals surface area contributed by atoms with E-state index in [-0.39, 0.29) is 18.0 Å². The zero-order chi connectivity index (χ0) is 30.9. The van der Waals surface area contributed by atoms with E-state index in [4.69, 9.17) is 0 Å². The van der Waals surface area contributed by atoms with Crippen LogP contribution in [0, 0.1) is 17.3 Å². The van der Waals surface area contributed by atoms with E-state index in [1.807, 2.05) is 17.9 Å². The number of aryl methyl sites for hydroxylation is 1. The van der Waals surface area contributed by atoms with E-state index in [9.17, 15) is 31.5 Å². The highest BCUT2D eigenvalue weighted by Crippen LogP contribution is 2.59. The molecule has 3 aliphatic carbocycles. The standard InChI is InChI=1S/C33H41F3N2O4S/c1-20-18-38(43(41,42)30-7-5-4-6-28(30)33(34,35)36)21(2)17-37(20)19-29(39)23-9-10-24-22(16-23)8-11-26-25(24)14-15-32(3)27(26)12-13-31(32)40/h4-7,9-10,16,20-21,25-27,29,39H,8,11-15,17-19H2,1-3H3/t20?,21?,25-,26-,27+,29?,32+/m1/s1. The van der Waals surface area contributed by atoms with Crippen molar-refractivity contribution in [1.29, 1.82) is 0 Å². The van der Waals surface area contributed by atoms with Crippen molar-refractivity contribution >= 4 is 15.8 Å². The summed E-state index contributed by atoms with van der Waals surface area (Å²) in [6.45, 7) is 6.33. The van der Waals surface area contributed by atoms with E-state index < -0.39 is 38.8 Å². The first-order chi connectivity index (χ1) is 20.2. The highest BCUT2D eigenvalue weighted by atomic mass is 32.2. The normalized spacial score (nSPS) is 32.6. The molecular formula is C33H41F3N2O4S. The van der Waals surface area contributed by atoms with E-state index in [0.29, 0.717) is 43.0 Å². The molecule has 1 heterocycles. The minimum absolute atomic E-state index is 0.0260. The number of β-amino-alcohol motifs (C(OH)–C–C–N with tert-alkyl or cyclic N) is 1. The quantitative estimate of drug-likeness (QED) is 0.449. The Balaban J connectivity index is 1.14. The number of alkyl halides is 3. The Hall–Kier alpha value is -2.27. The largest absolute Gasteiger partial charge is 0.417 e. The number of aliphatic hydroxyl groups is 1. The van der Waals surface area contributed by atoms with Crippen LogP contribution in [-0.2, 0) is 27.4 Å². The Morgan fingerprint density at radius 1 is 1.02 bits per heavy atom. The van der Waals surface area contributed by atoms with Gasteiger partial charge in [0.1, 0.15) is 5.78 Å². The van der Waals surface area contributed by atoms with E-state index in [1.165, 1.54) is 23.3 Å². The molecule has 6 rings (SSSR count). The van der Waals surface area contributed by atoms with Crippen LogP contribution in [0.1, 0.15) is 87.2 Å². The lowest BCUT2D eigenvalue weighted by Crippen LogP contribution is -2.58. The molecule has 0 amide bonds. The molecule has 6 nitrogen and oxygen atoms in total. The lowest BCUT2D eigenvalue weighted by Gasteiger charge is -2.48. The second-order valence-corrected chi connectivity index (χ2v) is 15.4. The van der Waals surface area contributed by atoms with Crippen molar-refractivity contribution in [1.82, 2.24) is 9.21 Å². The summed E-state index contributed by atoms with van der Waals surface area (Å²) in [6.07, 6.45) is 0.106. The van der Waals surface area contributed by atoms with Gasteiger partial charge in [-0.05, 0) is 92.5 Å². The predicted octanol–water partition coefficient (Wildman–Crippen LogP) is 5.95. The summed E-state index contributed by atoms with van der Waals surface area (Å²) in [7, 11) is -4.39. The van der Waals surface area contributed by atoms with Crippen LogP contribution < -0.4 is 0 Å². The van der Waals surface area contributed by atoms with Gasteiger partial charge in [-0.1, -0.05) is 37.3 Å². The molecule has 1 aliphatic heterocycles. The number of aliphatic hydroxyl groups excluding tert-OH is 1. The number of carbonyl (C=O) groups is 1. The lowest BCUT2D eigenvalue weighted by atomic mass is 9.55. The van der Waals surface area contributed by atoms with Gasteiger partial charge in [-0.25, -0.2) is 8.42 Å². The van der Waals surface area contributed by atoms with Crippen molar-refractivity contribution in [3.63, 3.8) is 0 Å². The summed E-state index contributed by atoms with van der Waals surface area (Å²) in [5, 5.41) is 11.3. The number of hydrogen-bond acceptors (Lipinski definition) is 5. The van der Waals surface area contributed by atoms with Crippen molar-refractivity contribution < 1.29 is 31.5 Å². The summed E-state index contributed by atoms with van der Waals surface area (Å²) in [4.78, 5) is 13.9. The van der Waals surface area contributed by atoms with Crippen molar-refractivity contribution in [2.24, 2.45) is 17.3 Å². The molecule has 7 atom stereocenters. The smallest absolute Gasteiger partial charge is 0.387 e. The molecule has 4 aliphatic rings. The second-order valence-electron chi connectivity index (χ2n) is 13.5. The molecule has 2 aromatic rings. The molecule has 2 saturated carbocycles. The van der Waals surface area contributed by atoms with Crippen molar-refractivity contribution in [2.45, 2.75) is 94.5 Å². The number of fused-ring (bicyclic) bond motifs is 5. The number of nitrogens with zero attached hydrogens (tertiary/aromatic N) is 2. The van der Waals surface area contributed by atoms with Crippen LogP contribution in [0.3, 0.4) is 0 Å². The number of ketones is 1. The monoisotopic (exact) mass is 618 g/mol. The first-order valence-corrected chi connectivity index (χ1v) is 16.9. The maximum Gasteiger partial charge on any atom is 0.417 e. The van der Waals surface area contributed by atoms with Crippen LogP contribution in [0.15, 0.2) is 47.4 Å². The van der Waals surface area contributed by atoms with Crippen molar-refractivity contribution in [3.8, 4) is 0 Å². The van der Waals surface area contributed by atoms with E-state index in [0.717, 1.165) is 54.1 Å². The van der Waals surface area contributed by atoms with Gasteiger partial charge in [0.25, 0.3) is 0 Å². The number of Topliss-reactive ketones (excluding diaryl/α,β-unsaturated/α-hetero) is 1. The molecule has 234 valence electrons. The first kappa shape index (κ1) is 30.7. The van der Waals surface area contributed by atoms with Gasteiger partial charge in [0.2, 0.25) is 10.0 Å². The zero-order valence-electron chi connectivity index (χ0n) is 25.0. The number of sulfonamides is 1. The molecule has 1 saturated heterocycles. The number of carbonyl (C=O) groups excluding carboxylic acids is 1. The maximum atomic E-state index is 13.6. The molecule has 43 heavy (non-hydrogen) atoms. The Bertz CT molecular complexity index is 1510. The predicted molar refractivity (Wildman–Crippen MR) is 157 cm³/mol. The van der Waals surface area contributed by atoms with Crippen LogP contribution in [0.25, 0.3) is 0 Å². The maximum absolute atomic E-state index is 13.6. The summed E-state index contributed by atoms with van der Waals surface area (Å²) >= 11 is 0. The summed E-state index contributed by atoms with van der Waals surface area (Å²) in [5.41, 5.74) is 2.13. The molecule has 10 heteroatoms. The second kappa shape index (κ2) is 11.0. The summed E-state index contributed by atoms with van der Waals surface area (Å²) in [5.74, 6) is 1.89. The van der Waals surface area contributed by atoms with Crippen LogP contribution in [-0.4, -0.2) is 60.2 Å². The van der Waals surface area contributed by atoms with E-state index in [2.05, 4.69) is 19.1 Å². The summed E-state index contributed by atoms with van der Waals surface area (Å²) in [6, 6.07) is 9.72. The van der Waals surface area contributed by atoms with Gasteiger partial charge in [0, 0.05) is 43.6 Å². The molecule has 0 aromatic heterocycles. The Morgan fingerprint density at radius 2 is 1.77 bits per heavy atom. The average molecular weight is 619 g/mol. The Kier molecular flexibility index (Phi) is 7.84. The van der Waals surface area contributed by atoms with Crippen molar-refractivity contribution in [3.05, 3.63) is 64.7 Å². The van der Waals surface area contributed by atoms with Crippen molar-refractivity contribution in [2.75, 3.05) is 19.6 Å². The minimum atomic E-state index is -4.78. The molecule has 3 unspecified atom stereocenters. The van der Waals surface area contributed by atoms with Crippen LogP contribution in [0.4, 0.5) is 13.2 Å². The number of piperazine rings is 1. The fourth-order valence-electron chi connectivity index (χ4n) is 8.72. The molecule has 3 fully saturated rings. The van der Waals surface area contributed by atoms with Gasteiger partial charge in [0.15, 0.2) is 0 Å². The molecule has 1 N–H and O–H groups in total. The van der Waals surface area contributed by atoms with Gasteiger partial charge in [0.05, 0.1) is 16.6 Å². The highest BCUT2D eigenvalue weighted by molar-refractivity contribution is 7.89. The number of halogens is 3. The van der Waals surface area contributed by atoms with Gasteiger partial charge >= 0.3 is 6.18 Å². The highest BCUT2D eigenvalue weighted by Gasteiger charge is 2.54. The van der Waals surface area contributed by atoms with E-state index >= 15 is 0 Å². The van der Waals surface area contributed by atoms with Crippen LogP contribution in [0.2, 0.25) is 0 Å². The number of rotatable bonds is 5. The first-order valence-electron chi connectivity index (χ1n) is 15.5. The van der Waals surface area contributed by atoms with Crippen LogP contribution in [0.5, 0.6) is 0 Å². The van der Waals surface area contributed by atoms with Gasteiger partial charge in [-0.2, -0.15) is 17.5 Å². The van der Waals surface area contributed by atoms with E-state index in [1.54, 1.807) is 6.92 Å². The van der Waals surface area contributed by atoms with Gasteiger partial charge < -0.3 is 5.11 Å². The molecule has 0 spiro atoms. The van der Waals surface area contributed by atoms with Gasteiger partial charge in [-0.3, -0.25) is 9.69 Å². The fourth-order valence-corrected chi connectivity index (χ4v) is 10.6. The third kappa shape index (κ3) is 5.26. The lowest BCUT2D eigenvalue weighted by molar-refractivity contribution is -0.140. The minimum Gasteiger partial charge on any atom is -0.387 e. The van der Waals surface area contributed by atoms with Gasteiger partial charge in [-0.15, -0.1) is 0 Å². The number of hydrogen-bond donors (Lipinski definition) is 1. The molecule has 2 aromatic carbocycles. The summed E-state index contributed by atoms with van der Waals surface area (Å²) < 4.78 is 68.9. The van der Waals surface area contributed by atoms with Crippen LogP contribution >= 0.6 is 0 Å².